The summed E-state index contributed by atoms with van der Waals surface area (Å²) >= 11 is 0. The molecule has 0 spiro atoms. The van der Waals surface area contributed by atoms with E-state index < -0.39 is 0 Å². The van der Waals surface area contributed by atoms with E-state index in [1.807, 2.05) is 6.07 Å². The number of allylic oxidation sites excluding steroid dienone is 2. The largest absolute Gasteiger partial charge is 0.461 e. The van der Waals surface area contributed by atoms with Crippen LogP contribution in [0.4, 0.5) is 11.4 Å². The van der Waals surface area contributed by atoms with Crippen molar-refractivity contribution >= 4 is 66.1 Å². The molecular weight excluding hydrogens is 613 g/mol. The zero-order chi connectivity index (χ0) is 33.1. The van der Waals surface area contributed by atoms with E-state index in [1.54, 1.807) is 0 Å². The molecule has 0 fully saturated rings. The Hall–Kier alpha value is -6.26. The maximum atomic E-state index is 6.62. The number of fused-ring (bicyclic) bond motifs is 12. The van der Waals surface area contributed by atoms with Gasteiger partial charge in [0.15, 0.2) is 0 Å². The van der Waals surface area contributed by atoms with Crippen molar-refractivity contribution in [2.45, 2.75) is 25.8 Å². The van der Waals surface area contributed by atoms with Crippen LogP contribution in [0.15, 0.2) is 154 Å². The maximum absolute atomic E-state index is 6.62. The normalized spacial score (nSPS) is 16.8. The Morgan fingerprint density at radius 2 is 1.32 bits per heavy atom. The van der Waals surface area contributed by atoms with Crippen LogP contribution in [0, 0.1) is 13.8 Å². The van der Waals surface area contributed by atoms with Crippen LogP contribution in [-0.2, 0) is 0 Å². The number of aryl methyl sites for hydroxylation is 2. The lowest BCUT2D eigenvalue weighted by molar-refractivity contribution is 0.569. The molecule has 0 saturated carbocycles. The topological polar surface area (TPSA) is 34.5 Å². The molecule has 2 unspecified atom stereocenters. The predicted octanol–water partition coefficient (Wildman–Crippen LogP) is 12.4. The number of benzene rings is 6. The molecule has 9 aromatic rings. The van der Waals surface area contributed by atoms with E-state index in [9.17, 15) is 0 Å². The summed E-state index contributed by atoms with van der Waals surface area (Å²) in [6.07, 6.45) is 9.04. The molecule has 1 aliphatic carbocycles. The molecule has 6 aromatic carbocycles. The quantitative estimate of drug-likeness (QED) is 0.192. The van der Waals surface area contributed by atoms with Gasteiger partial charge in [0.05, 0.1) is 22.5 Å². The monoisotopic (exact) mass is 644 g/mol. The van der Waals surface area contributed by atoms with E-state index in [-0.39, 0.29) is 12.0 Å². The molecule has 0 bridgehead atoms. The molecule has 3 aromatic heterocycles. The number of anilines is 2. The molecule has 4 nitrogen and oxygen atoms in total. The fourth-order valence-electron chi connectivity index (χ4n) is 8.70. The van der Waals surface area contributed by atoms with Gasteiger partial charge in [0.2, 0.25) is 0 Å². The van der Waals surface area contributed by atoms with Crippen LogP contribution in [0.25, 0.3) is 71.5 Å². The summed E-state index contributed by atoms with van der Waals surface area (Å²) in [4.78, 5) is 2.52. The molecule has 4 heteroatoms. The van der Waals surface area contributed by atoms with E-state index >= 15 is 0 Å². The van der Waals surface area contributed by atoms with Gasteiger partial charge in [0, 0.05) is 50.1 Å². The first-order chi connectivity index (χ1) is 24.6. The smallest absolute Gasteiger partial charge is 0.145 e. The summed E-state index contributed by atoms with van der Waals surface area (Å²) in [5.74, 6) is 1.17. The minimum absolute atomic E-state index is 0.124. The van der Waals surface area contributed by atoms with E-state index in [0.717, 1.165) is 61.1 Å². The molecule has 0 radical (unpaired) electrons. The Bertz CT molecular complexity index is 2920. The van der Waals surface area contributed by atoms with Crippen LogP contribution < -0.4 is 4.90 Å². The summed E-state index contributed by atoms with van der Waals surface area (Å²) in [7, 11) is 0. The number of rotatable bonds is 3. The molecule has 50 heavy (non-hydrogen) atoms. The van der Waals surface area contributed by atoms with Crippen molar-refractivity contribution in [3.05, 3.63) is 163 Å². The molecule has 238 valence electrons. The van der Waals surface area contributed by atoms with E-state index in [0.29, 0.717) is 0 Å². The summed E-state index contributed by atoms with van der Waals surface area (Å²) in [6, 6.07) is 44.0. The van der Waals surface area contributed by atoms with Gasteiger partial charge in [0.25, 0.3) is 0 Å². The number of furan rings is 2. The third-order valence-corrected chi connectivity index (χ3v) is 11.1. The van der Waals surface area contributed by atoms with Gasteiger partial charge >= 0.3 is 0 Å². The molecule has 1 aliphatic heterocycles. The highest BCUT2D eigenvalue weighted by Crippen LogP contribution is 2.52. The van der Waals surface area contributed by atoms with Gasteiger partial charge in [0.1, 0.15) is 22.5 Å². The molecule has 0 amide bonds. The highest BCUT2D eigenvalue weighted by Gasteiger charge is 2.40. The Labute approximate surface area is 288 Å². The number of hydrogen-bond donors (Lipinski definition) is 0. The highest BCUT2D eigenvalue weighted by molar-refractivity contribution is 6.23. The van der Waals surface area contributed by atoms with Crippen LogP contribution in [0.5, 0.6) is 0 Å². The maximum Gasteiger partial charge on any atom is 0.145 e. The van der Waals surface area contributed by atoms with Crippen LogP contribution in [0.2, 0.25) is 0 Å². The zero-order valence-electron chi connectivity index (χ0n) is 27.7. The van der Waals surface area contributed by atoms with Crippen molar-refractivity contribution in [1.29, 1.82) is 0 Å². The SMILES string of the molecule is Cc1oc2c3c(ccc2c1C)N(c1cc(-c2ccccc2)cc(-n2c4ccccc4c4c5oc6ccccc6c5ccc42)c1)C1C=CC=CC31. The summed E-state index contributed by atoms with van der Waals surface area (Å²) < 4.78 is 15.5. The number of para-hydroxylation sites is 2. The van der Waals surface area contributed by atoms with Crippen LogP contribution >= 0.6 is 0 Å². The van der Waals surface area contributed by atoms with Crippen LogP contribution in [0.3, 0.4) is 0 Å². The van der Waals surface area contributed by atoms with Crippen molar-refractivity contribution in [3.63, 3.8) is 0 Å². The summed E-state index contributed by atoms with van der Waals surface area (Å²) in [5.41, 5.74) is 13.4. The Balaban J connectivity index is 1.21. The Morgan fingerprint density at radius 3 is 2.22 bits per heavy atom. The third kappa shape index (κ3) is 3.71. The first-order valence-electron chi connectivity index (χ1n) is 17.4. The second kappa shape index (κ2) is 10.1. The van der Waals surface area contributed by atoms with Gasteiger partial charge in [-0.05, 0) is 85.1 Å². The average molecular weight is 645 g/mol. The molecule has 0 saturated heterocycles. The summed E-state index contributed by atoms with van der Waals surface area (Å²) in [5, 5.41) is 5.80. The van der Waals surface area contributed by atoms with E-state index in [1.165, 1.54) is 38.7 Å². The number of hydrogen-bond acceptors (Lipinski definition) is 3. The standard InChI is InChI=1S/C46H32N2O2/c1-27-28(2)49-45-33(27)20-22-40-43(45)36-15-6-9-17-38(36)47(40)31-24-30(29-12-4-3-5-13-29)25-32(26-31)48-39-18-10-7-16-37(39)44-41(48)23-21-35-34-14-8-11-19-42(34)50-46(35)44/h3-26,36,38H,1-2H3. The first kappa shape index (κ1) is 27.7. The molecule has 2 aliphatic rings. The summed E-state index contributed by atoms with van der Waals surface area (Å²) in [6.45, 7) is 4.23. The average Bonchev–Trinajstić information content (AvgIpc) is 3.89. The minimum Gasteiger partial charge on any atom is -0.461 e. The van der Waals surface area contributed by atoms with Gasteiger partial charge in [-0.3, -0.25) is 0 Å². The predicted molar refractivity (Wildman–Crippen MR) is 206 cm³/mol. The van der Waals surface area contributed by atoms with Crippen LogP contribution in [0.1, 0.15) is 22.8 Å². The van der Waals surface area contributed by atoms with Crippen molar-refractivity contribution in [2.24, 2.45) is 0 Å². The van der Waals surface area contributed by atoms with Gasteiger partial charge in [-0.2, -0.15) is 0 Å². The van der Waals surface area contributed by atoms with Crippen molar-refractivity contribution < 1.29 is 8.83 Å². The van der Waals surface area contributed by atoms with Crippen LogP contribution in [-0.4, -0.2) is 10.6 Å². The number of nitrogens with zero attached hydrogens (tertiary/aromatic N) is 2. The first-order valence-corrected chi connectivity index (χ1v) is 17.4. The molecule has 0 N–H and O–H groups in total. The van der Waals surface area contributed by atoms with Crippen molar-refractivity contribution in [3.8, 4) is 16.8 Å². The molecular formula is C46H32N2O2. The molecule has 2 atom stereocenters. The van der Waals surface area contributed by atoms with Gasteiger partial charge in [-0.25, -0.2) is 0 Å². The lowest BCUT2D eigenvalue weighted by Crippen LogP contribution is -2.28. The van der Waals surface area contributed by atoms with Crippen molar-refractivity contribution in [2.75, 3.05) is 4.90 Å². The third-order valence-electron chi connectivity index (χ3n) is 11.1. The van der Waals surface area contributed by atoms with E-state index in [2.05, 4.69) is 163 Å². The van der Waals surface area contributed by atoms with Gasteiger partial charge in [-0.15, -0.1) is 0 Å². The zero-order valence-corrected chi connectivity index (χ0v) is 27.7. The second-order valence-electron chi connectivity index (χ2n) is 13.7. The number of aromatic nitrogens is 1. The van der Waals surface area contributed by atoms with Gasteiger partial charge in [-0.1, -0.05) is 91.0 Å². The molecule has 11 rings (SSSR count). The second-order valence-corrected chi connectivity index (χ2v) is 13.7. The fourth-order valence-corrected chi connectivity index (χ4v) is 8.70. The highest BCUT2D eigenvalue weighted by atomic mass is 16.3. The lowest BCUT2D eigenvalue weighted by atomic mass is 9.90. The van der Waals surface area contributed by atoms with E-state index in [4.69, 9.17) is 8.83 Å². The Kier molecular flexibility index (Phi) is 5.60. The molecule has 4 heterocycles. The fraction of sp³-hybridized carbons (Fsp3) is 0.0870. The minimum atomic E-state index is 0.124. The lowest BCUT2D eigenvalue weighted by Gasteiger charge is -2.29. The Morgan fingerprint density at radius 1 is 0.560 bits per heavy atom. The van der Waals surface area contributed by atoms with Crippen molar-refractivity contribution in [1.82, 2.24) is 4.57 Å². The van der Waals surface area contributed by atoms with Gasteiger partial charge < -0.3 is 18.3 Å².